The molecule has 0 unspecified atom stereocenters. The molecule has 27 heavy (non-hydrogen) atoms. The molecule has 1 aromatic carbocycles. The first-order valence-corrected chi connectivity index (χ1v) is 8.82. The van der Waals surface area contributed by atoms with Gasteiger partial charge in [-0.25, -0.2) is 14.4 Å². The number of hydrogen-bond donors (Lipinski definition) is 2. The molecule has 0 radical (unpaired) electrons. The van der Waals surface area contributed by atoms with E-state index in [9.17, 15) is 14.0 Å². The minimum Gasteiger partial charge on any atom is -0.368 e. The Hall–Kier alpha value is -2.87. The van der Waals surface area contributed by atoms with Crippen LogP contribution in [0.15, 0.2) is 30.5 Å². The summed E-state index contributed by atoms with van der Waals surface area (Å²) in [6, 6.07) is 5.92. The first kappa shape index (κ1) is 18.9. The number of anilines is 1. The Morgan fingerprint density at radius 1 is 1.33 bits per heavy atom. The molecular weight excluding hydrogens is 351 g/mol. The molecule has 0 spiro atoms. The number of rotatable bonds is 6. The van der Waals surface area contributed by atoms with Crippen molar-refractivity contribution in [2.45, 2.75) is 32.3 Å². The lowest BCUT2D eigenvalue weighted by Crippen LogP contribution is -2.35. The van der Waals surface area contributed by atoms with E-state index in [2.05, 4.69) is 20.6 Å². The molecule has 1 aliphatic rings. The van der Waals surface area contributed by atoms with Gasteiger partial charge in [0.15, 0.2) is 0 Å². The Kier molecular flexibility index (Phi) is 6.08. The highest BCUT2D eigenvalue weighted by atomic mass is 19.1. The second kappa shape index (κ2) is 8.68. The van der Waals surface area contributed by atoms with E-state index in [1.807, 2.05) is 0 Å². The van der Waals surface area contributed by atoms with E-state index in [1.54, 1.807) is 19.1 Å². The Bertz CT molecular complexity index is 837. The molecule has 1 aromatic heterocycles. The largest absolute Gasteiger partial charge is 0.368 e. The molecule has 1 saturated heterocycles. The number of carbonyl (C=O) groups is 2. The molecule has 1 aliphatic heterocycles. The third-order valence-corrected chi connectivity index (χ3v) is 4.24. The average molecular weight is 372 g/mol. The predicted molar refractivity (Wildman–Crippen MR) is 96.8 cm³/mol. The first-order valence-electron chi connectivity index (χ1n) is 8.82. The van der Waals surface area contributed by atoms with Crippen LogP contribution in [0.25, 0.3) is 0 Å². The molecule has 2 heterocycles. The van der Waals surface area contributed by atoms with Gasteiger partial charge in [0.2, 0.25) is 5.91 Å². The zero-order valence-electron chi connectivity index (χ0n) is 15.0. The molecular formula is C19H21FN4O3. The molecule has 8 heteroatoms. The van der Waals surface area contributed by atoms with Crippen LogP contribution in [0.5, 0.6) is 0 Å². The van der Waals surface area contributed by atoms with Crippen LogP contribution in [0, 0.1) is 12.7 Å². The standard InChI is InChI=1S/C19H21FN4O3/c1-12-22-11-13(18(25)24-16-6-3-2-5-14(16)20)15(23-12)8-9-21-19(26)17-7-4-10-27-17/h2-3,5-6,11,17H,4,7-10H2,1H3,(H,21,26)(H,24,25)/t17-/m1/s1. The summed E-state index contributed by atoms with van der Waals surface area (Å²) in [5, 5.41) is 5.33. The van der Waals surface area contributed by atoms with Crippen LogP contribution in [-0.4, -0.2) is 41.0 Å². The highest BCUT2D eigenvalue weighted by molar-refractivity contribution is 6.04. The average Bonchev–Trinajstić information content (AvgIpc) is 3.18. The number of halogens is 1. The quantitative estimate of drug-likeness (QED) is 0.809. The summed E-state index contributed by atoms with van der Waals surface area (Å²) in [5.41, 5.74) is 0.819. The van der Waals surface area contributed by atoms with E-state index >= 15 is 0 Å². The fourth-order valence-corrected chi connectivity index (χ4v) is 2.85. The highest BCUT2D eigenvalue weighted by Crippen LogP contribution is 2.16. The van der Waals surface area contributed by atoms with Crippen molar-refractivity contribution in [1.29, 1.82) is 0 Å². The van der Waals surface area contributed by atoms with E-state index in [4.69, 9.17) is 4.74 Å². The Balaban J connectivity index is 1.66. The van der Waals surface area contributed by atoms with Crippen molar-refractivity contribution in [2.24, 2.45) is 0 Å². The lowest BCUT2D eigenvalue weighted by atomic mass is 10.1. The van der Waals surface area contributed by atoms with Crippen LogP contribution in [0.4, 0.5) is 10.1 Å². The number of para-hydroxylation sites is 1. The molecule has 7 nitrogen and oxygen atoms in total. The number of ether oxygens (including phenoxy) is 1. The molecule has 2 aromatic rings. The number of aromatic nitrogens is 2. The lowest BCUT2D eigenvalue weighted by molar-refractivity contribution is -0.129. The summed E-state index contributed by atoms with van der Waals surface area (Å²) in [7, 11) is 0. The van der Waals surface area contributed by atoms with Crippen molar-refractivity contribution >= 4 is 17.5 Å². The van der Waals surface area contributed by atoms with Gasteiger partial charge < -0.3 is 15.4 Å². The van der Waals surface area contributed by atoms with Crippen LogP contribution in [0.3, 0.4) is 0 Å². The monoisotopic (exact) mass is 372 g/mol. The van der Waals surface area contributed by atoms with Gasteiger partial charge in [-0.1, -0.05) is 12.1 Å². The second-order valence-corrected chi connectivity index (χ2v) is 6.25. The van der Waals surface area contributed by atoms with Crippen molar-refractivity contribution in [3.8, 4) is 0 Å². The summed E-state index contributed by atoms with van der Waals surface area (Å²) in [4.78, 5) is 32.9. The van der Waals surface area contributed by atoms with Crippen molar-refractivity contribution in [3.05, 3.63) is 53.4 Å². The van der Waals surface area contributed by atoms with Crippen molar-refractivity contribution in [1.82, 2.24) is 15.3 Å². The Labute approximate surface area is 156 Å². The summed E-state index contributed by atoms with van der Waals surface area (Å²) in [6.45, 7) is 2.63. The lowest BCUT2D eigenvalue weighted by Gasteiger charge is -2.12. The Morgan fingerprint density at radius 3 is 2.89 bits per heavy atom. The fourth-order valence-electron chi connectivity index (χ4n) is 2.85. The molecule has 1 fully saturated rings. The van der Waals surface area contributed by atoms with E-state index in [0.29, 0.717) is 31.1 Å². The number of carbonyl (C=O) groups excluding carboxylic acids is 2. The molecule has 0 saturated carbocycles. The summed E-state index contributed by atoms with van der Waals surface area (Å²) >= 11 is 0. The van der Waals surface area contributed by atoms with Gasteiger partial charge in [-0.3, -0.25) is 9.59 Å². The number of nitrogens with one attached hydrogen (secondary N) is 2. The third-order valence-electron chi connectivity index (χ3n) is 4.24. The molecule has 2 amide bonds. The minimum atomic E-state index is -0.524. The van der Waals surface area contributed by atoms with Crippen molar-refractivity contribution in [3.63, 3.8) is 0 Å². The molecule has 142 valence electrons. The van der Waals surface area contributed by atoms with Gasteiger partial charge in [0.1, 0.15) is 17.7 Å². The van der Waals surface area contributed by atoms with Gasteiger partial charge in [0.05, 0.1) is 16.9 Å². The summed E-state index contributed by atoms with van der Waals surface area (Å²) in [5.74, 6) is -0.668. The normalized spacial score (nSPS) is 16.1. The second-order valence-electron chi connectivity index (χ2n) is 6.25. The van der Waals surface area contributed by atoms with Crippen LogP contribution in [0.1, 0.15) is 34.7 Å². The minimum absolute atomic E-state index is 0.0840. The van der Waals surface area contributed by atoms with E-state index in [0.717, 1.165) is 12.8 Å². The van der Waals surface area contributed by atoms with Gasteiger partial charge in [0.25, 0.3) is 5.91 Å². The van der Waals surface area contributed by atoms with Gasteiger partial charge in [-0.05, 0) is 31.9 Å². The number of aryl methyl sites for hydroxylation is 1. The van der Waals surface area contributed by atoms with Crippen LogP contribution >= 0.6 is 0 Å². The van der Waals surface area contributed by atoms with Gasteiger partial charge in [-0.15, -0.1) is 0 Å². The van der Waals surface area contributed by atoms with Crippen LogP contribution in [0.2, 0.25) is 0 Å². The number of hydrogen-bond acceptors (Lipinski definition) is 5. The molecule has 0 bridgehead atoms. The maximum Gasteiger partial charge on any atom is 0.259 e. The van der Waals surface area contributed by atoms with Crippen molar-refractivity contribution < 1.29 is 18.7 Å². The Morgan fingerprint density at radius 2 is 2.15 bits per heavy atom. The SMILES string of the molecule is Cc1ncc(C(=O)Nc2ccccc2F)c(CCNC(=O)[C@H]2CCCO2)n1. The molecule has 2 N–H and O–H groups in total. The molecule has 1 atom stereocenters. The predicted octanol–water partition coefficient (Wildman–Crippen LogP) is 2.01. The summed E-state index contributed by atoms with van der Waals surface area (Å²) in [6.07, 6.45) is 2.96. The van der Waals surface area contributed by atoms with Gasteiger partial charge in [0, 0.05) is 25.8 Å². The zero-order chi connectivity index (χ0) is 19.2. The van der Waals surface area contributed by atoms with E-state index < -0.39 is 17.8 Å². The van der Waals surface area contributed by atoms with Crippen LogP contribution in [-0.2, 0) is 16.0 Å². The van der Waals surface area contributed by atoms with E-state index in [-0.39, 0.29) is 17.2 Å². The van der Waals surface area contributed by atoms with Crippen molar-refractivity contribution in [2.75, 3.05) is 18.5 Å². The highest BCUT2D eigenvalue weighted by Gasteiger charge is 2.23. The maximum absolute atomic E-state index is 13.8. The smallest absolute Gasteiger partial charge is 0.259 e. The first-order chi connectivity index (χ1) is 13.0. The number of benzene rings is 1. The van der Waals surface area contributed by atoms with Gasteiger partial charge in [-0.2, -0.15) is 0 Å². The molecule has 3 rings (SSSR count). The number of amides is 2. The summed E-state index contributed by atoms with van der Waals surface area (Å²) < 4.78 is 19.1. The van der Waals surface area contributed by atoms with E-state index in [1.165, 1.54) is 18.3 Å². The third kappa shape index (κ3) is 4.85. The maximum atomic E-state index is 13.8. The number of nitrogens with zero attached hydrogens (tertiary/aromatic N) is 2. The van der Waals surface area contributed by atoms with Gasteiger partial charge >= 0.3 is 0 Å². The zero-order valence-corrected chi connectivity index (χ0v) is 15.0. The molecule has 0 aliphatic carbocycles. The van der Waals surface area contributed by atoms with Crippen LogP contribution < -0.4 is 10.6 Å². The topological polar surface area (TPSA) is 93.2 Å². The fraction of sp³-hybridized carbons (Fsp3) is 0.368.